The van der Waals surface area contributed by atoms with E-state index in [1.54, 1.807) is 18.2 Å². The van der Waals surface area contributed by atoms with Crippen LogP contribution in [0.4, 0.5) is 17.6 Å². The standard InChI is InChI=1S/C14H7ClF4N2/c15-7-4-5-10-11(6-7)21-13(20-10)8-2-1-3-9(12(8)16)14(17,18)19/h1-6H,(H,20,21). The number of halogens is 5. The Kier molecular flexibility index (Phi) is 3.13. The molecule has 3 aromatic rings. The van der Waals surface area contributed by atoms with Gasteiger partial charge in [-0.2, -0.15) is 13.2 Å². The fourth-order valence-electron chi connectivity index (χ4n) is 2.04. The minimum atomic E-state index is -4.75. The van der Waals surface area contributed by atoms with E-state index in [9.17, 15) is 17.6 Å². The molecule has 1 aromatic heterocycles. The topological polar surface area (TPSA) is 28.7 Å². The molecular formula is C14H7ClF4N2. The average Bonchev–Trinajstić information content (AvgIpc) is 2.80. The van der Waals surface area contributed by atoms with Gasteiger partial charge in [-0.25, -0.2) is 9.37 Å². The summed E-state index contributed by atoms with van der Waals surface area (Å²) in [6.07, 6.45) is -4.75. The molecule has 7 heteroatoms. The predicted molar refractivity (Wildman–Crippen MR) is 71.5 cm³/mol. The van der Waals surface area contributed by atoms with E-state index in [4.69, 9.17) is 11.6 Å². The zero-order chi connectivity index (χ0) is 15.2. The highest BCUT2D eigenvalue weighted by molar-refractivity contribution is 6.31. The molecule has 0 aliphatic carbocycles. The van der Waals surface area contributed by atoms with Crippen molar-refractivity contribution in [1.82, 2.24) is 9.97 Å². The van der Waals surface area contributed by atoms with E-state index in [0.29, 0.717) is 22.1 Å². The predicted octanol–water partition coefficient (Wildman–Crippen LogP) is 5.04. The first-order valence-corrected chi connectivity index (χ1v) is 6.25. The van der Waals surface area contributed by atoms with Crippen molar-refractivity contribution in [1.29, 1.82) is 0 Å². The molecule has 0 radical (unpaired) electrons. The largest absolute Gasteiger partial charge is 0.419 e. The number of aromatic amines is 1. The first-order chi connectivity index (χ1) is 9.86. The van der Waals surface area contributed by atoms with Gasteiger partial charge in [-0.3, -0.25) is 0 Å². The molecule has 0 saturated carbocycles. The second-order valence-electron chi connectivity index (χ2n) is 4.41. The van der Waals surface area contributed by atoms with E-state index in [1.807, 2.05) is 0 Å². The number of benzene rings is 2. The Morgan fingerprint density at radius 2 is 1.86 bits per heavy atom. The summed E-state index contributed by atoms with van der Waals surface area (Å²) in [5.74, 6) is -1.33. The lowest BCUT2D eigenvalue weighted by Gasteiger charge is -2.09. The fraction of sp³-hybridized carbons (Fsp3) is 0.0714. The van der Waals surface area contributed by atoms with Crippen LogP contribution in [0.3, 0.4) is 0 Å². The Balaban J connectivity index is 2.19. The molecule has 0 saturated heterocycles. The number of alkyl halides is 3. The lowest BCUT2D eigenvalue weighted by Crippen LogP contribution is -2.08. The number of nitrogens with zero attached hydrogens (tertiary/aromatic N) is 1. The third-order valence-corrected chi connectivity index (χ3v) is 3.24. The summed E-state index contributed by atoms with van der Waals surface area (Å²) in [5, 5.41) is 0.446. The minimum Gasteiger partial charge on any atom is -0.338 e. The van der Waals surface area contributed by atoms with Gasteiger partial charge in [0.25, 0.3) is 0 Å². The van der Waals surface area contributed by atoms with Crippen LogP contribution in [0.25, 0.3) is 22.4 Å². The first-order valence-electron chi connectivity index (χ1n) is 5.87. The van der Waals surface area contributed by atoms with Crippen LogP contribution in [0, 0.1) is 5.82 Å². The van der Waals surface area contributed by atoms with E-state index in [-0.39, 0.29) is 11.4 Å². The number of hydrogen-bond acceptors (Lipinski definition) is 1. The van der Waals surface area contributed by atoms with Gasteiger partial charge in [0.1, 0.15) is 11.6 Å². The van der Waals surface area contributed by atoms with Crippen LogP contribution in [0.1, 0.15) is 5.56 Å². The van der Waals surface area contributed by atoms with Gasteiger partial charge in [0, 0.05) is 5.02 Å². The molecule has 0 aliphatic heterocycles. The van der Waals surface area contributed by atoms with Gasteiger partial charge in [0.05, 0.1) is 22.2 Å². The Morgan fingerprint density at radius 1 is 1.10 bits per heavy atom. The molecule has 108 valence electrons. The summed E-state index contributed by atoms with van der Waals surface area (Å²) < 4.78 is 52.2. The smallest absolute Gasteiger partial charge is 0.338 e. The van der Waals surface area contributed by atoms with Crippen molar-refractivity contribution in [2.75, 3.05) is 0 Å². The van der Waals surface area contributed by atoms with Gasteiger partial charge in [0.15, 0.2) is 0 Å². The molecule has 0 spiro atoms. The number of imidazole rings is 1. The first kappa shape index (κ1) is 13.9. The van der Waals surface area contributed by atoms with Crippen molar-refractivity contribution in [3.8, 4) is 11.4 Å². The fourth-order valence-corrected chi connectivity index (χ4v) is 2.22. The van der Waals surface area contributed by atoms with Crippen molar-refractivity contribution < 1.29 is 17.6 Å². The van der Waals surface area contributed by atoms with E-state index in [2.05, 4.69) is 9.97 Å². The van der Waals surface area contributed by atoms with Crippen LogP contribution in [-0.4, -0.2) is 9.97 Å². The Bertz CT molecular complexity index is 823. The van der Waals surface area contributed by atoms with Gasteiger partial charge in [-0.1, -0.05) is 17.7 Å². The Hall–Kier alpha value is -2.08. The summed E-state index contributed by atoms with van der Waals surface area (Å²) >= 11 is 5.82. The average molecular weight is 315 g/mol. The van der Waals surface area contributed by atoms with E-state index >= 15 is 0 Å². The Labute approximate surface area is 121 Å². The Morgan fingerprint density at radius 3 is 2.57 bits per heavy atom. The molecule has 2 nitrogen and oxygen atoms in total. The normalized spacial score (nSPS) is 12.0. The molecule has 0 aliphatic rings. The second-order valence-corrected chi connectivity index (χ2v) is 4.85. The number of fused-ring (bicyclic) bond motifs is 1. The number of hydrogen-bond donors (Lipinski definition) is 1. The maximum Gasteiger partial charge on any atom is 0.419 e. The third kappa shape index (κ3) is 2.47. The van der Waals surface area contributed by atoms with Gasteiger partial charge >= 0.3 is 6.18 Å². The third-order valence-electron chi connectivity index (χ3n) is 3.00. The highest BCUT2D eigenvalue weighted by Gasteiger charge is 2.35. The zero-order valence-corrected chi connectivity index (χ0v) is 11.1. The maximum absolute atomic E-state index is 14.1. The number of nitrogens with one attached hydrogen (secondary N) is 1. The molecule has 1 N–H and O–H groups in total. The highest BCUT2D eigenvalue weighted by Crippen LogP contribution is 2.35. The van der Waals surface area contributed by atoms with Crippen LogP contribution >= 0.6 is 11.6 Å². The minimum absolute atomic E-state index is 0.0240. The molecule has 0 bridgehead atoms. The zero-order valence-electron chi connectivity index (χ0n) is 10.3. The number of rotatable bonds is 1. The molecule has 0 fully saturated rings. The second kappa shape index (κ2) is 4.73. The van der Waals surface area contributed by atoms with Crippen LogP contribution in [-0.2, 0) is 6.18 Å². The van der Waals surface area contributed by atoms with Gasteiger partial charge in [-0.05, 0) is 30.3 Å². The molecule has 0 atom stereocenters. The summed E-state index contributed by atoms with van der Waals surface area (Å²) in [7, 11) is 0. The van der Waals surface area contributed by atoms with Crippen molar-refractivity contribution in [3.63, 3.8) is 0 Å². The summed E-state index contributed by atoms with van der Waals surface area (Å²) in [4.78, 5) is 6.86. The van der Waals surface area contributed by atoms with Crippen molar-refractivity contribution in [3.05, 3.63) is 52.8 Å². The van der Waals surface area contributed by atoms with Crippen LogP contribution in [0.15, 0.2) is 36.4 Å². The molecule has 0 amide bonds. The summed E-state index contributed by atoms with van der Waals surface area (Å²) in [5.41, 5.74) is -0.545. The van der Waals surface area contributed by atoms with Crippen molar-refractivity contribution in [2.24, 2.45) is 0 Å². The monoisotopic (exact) mass is 314 g/mol. The van der Waals surface area contributed by atoms with Gasteiger partial charge < -0.3 is 4.98 Å². The van der Waals surface area contributed by atoms with Crippen LogP contribution in [0.5, 0.6) is 0 Å². The van der Waals surface area contributed by atoms with Gasteiger partial charge in [-0.15, -0.1) is 0 Å². The van der Waals surface area contributed by atoms with Crippen LogP contribution in [0.2, 0.25) is 5.02 Å². The lowest BCUT2D eigenvalue weighted by atomic mass is 10.1. The number of aromatic nitrogens is 2. The molecular weight excluding hydrogens is 308 g/mol. The molecule has 0 unspecified atom stereocenters. The number of H-pyrrole nitrogens is 1. The molecule has 2 aromatic carbocycles. The summed E-state index contributed by atoms with van der Waals surface area (Å²) in [6.45, 7) is 0. The highest BCUT2D eigenvalue weighted by atomic mass is 35.5. The molecule has 21 heavy (non-hydrogen) atoms. The molecule has 1 heterocycles. The van der Waals surface area contributed by atoms with E-state index in [1.165, 1.54) is 6.07 Å². The lowest BCUT2D eigenvalue weighted by molar-refractivity contribution is -0.139. The van der Waals surface area contributed by atoms with E-state index < -0.39 is 17.6 Å². The van der Waals surface area contributed by atoms with E-state index in [0.717, 1.165) is 6.07 Å². The quantitative estimate of drug-likeness (QED) is 0.626. The maximum atomic E-state index is 14.1. The van der Waals surface area contributed by atoms with Crippen LogP contribution < -0.4 is 0 Å². The van der Waals surface area contributed by atoms with Crippen molar-refractivity contribution in [2.45, 2.75) is 6.18 Å². The SMILES string of the molecule is Fc1c(-c2nc3ccc(Cl)cc3[nH]2)cccc1C(F)(F)F. The van der Waals surface area contributed by atoms with Crippen molar-refractivity contribution >= 4 is 22.6 Å². The molecule has 3 rings (SSSR count). The summed E-state index contributed by atoms with van der Waals surface area (Å²) in [6, 6.07) is 7.84. The van der Waals surface area contributed by atoms with Gasteiger partial charge in [0.2, 0.25) is 0 Å².